The first-order valence-corrected chi connectivity index (χ1v) is 12.4. The predicted octanol–water partition coefficient (Wildman–Crippen LogP) is 7.11. The molecule has 0 amide bonds. The molecule has 3 rings (SSSR count). The fraction of sp³-hybridized carbons (Fsp3) is 0.905. The molecule has 3 saturated carbocycles. The van der Waals surface area contributed by atoms with E-state index in [1.54, 1.807) is 19.3 Å². The van der Waals surface area contributed by atoms with Gasteiger partial charge in [-0.3, -0.25) is 0 Å². The van der Waals surface area contributed by atoms with E-state index in [0.717, 1.165) is 35.1 Å². The van der Waals surface area contributed by atoms with Crippen LogP contribution < -0.4 is 0 Å². The molecule has 0 aromatic heterocycles. The molecule has 0 aromatic rings. The molecule has 0 aliphatic heterocycles. The third kappa shape index (κ3) is 4.99. The smallest absolute Gasteiger partial charge is 0.660 e. The molecule has 0 spiro atoms. The standard InChI is InChI=1S/C19H36NSi.2CH3.Ti/c1-13-10-16-11-14-8-7-9-15(14)12-17(16)18(13)21(5,6)20-19(2,3)4;;;/h13-18H,7-12H2,1-6H3;2*1H3;/q3*-1;+3. The summed E-state index contributed by atoms with van der Waals surface area (Å²) in [5.74, 6) is 5.17. The van der Waals surface area contributed by atoms with E-state index in [1.165, 1.54) is 19.3 Å². The van der Waals surface area contributed by atoms with Crippen molar-refractivity contribution in [2.45, 2.75) is 90.4 Å². The SMILES string of the molecule is CC1CC2CC3CCCC3CC2C1[Si](C)(C)[N-]C(C)(C)C.[CH3-].[CH3-].[Ti+3]. The molecule has 3 aliphatic carbocycles. The van der Waals surface area contributed by atoms with Gasteiger partial charge in [0.2, 0.25) is 0 Å². The monoisotopic (exact) mass is 384 g/mol. The Kier molecular flexibility index (Phi) is 9.04. The van der Waals surface area contributed by atoms with Crippen LogP contribution in [0.1, 0.15) is 66.2 Å². The summed E-state index contributed by atoms with van der Waals surface area (Å²) in [4.78, 5) is 5.39. The maximum absolute atomic E-state index is 5.39. The number of nitrogens with zero attached hydrogens (tertiary/aromatic N) is 1. The van der Waals surface area contributed by atoms with Gasteiger partial charge in [-0.05, 0) is 48.9 Å². The van der Waals surface area contributed by atoms with Crippen molar-refractivity contribution in [1.29, 1.82) is 0 Å². The van der Waals surface area contributed by atoms with Gasteiger partial charge < -0.3 is 19.8 Å². The van der Waals surface area contributed by atoms with Crippen LogP contribution in [0.3, 0.4) is 0 Å². The van der Waals surface area contributed by atoms with Crippen molar-refractivity contribution >= 4 is 8.24 Å². The number of hydrogen-bond acceptors (Lipinski definition) is 0. The molecule has 3 fully saturated rings. The molecule has 0 saturated heterocycles. The molecule has 3 heteroatoms. The number of rotatable bonds is 2. The fourth-order valence-electron chi connectivity index (χ4n) is 6.76. The molecule has 1 radical (unpaired) electrons. The number of hydrogen-bond donors (Lipinski definition) is 0. The quantitative estimate of drug-likeness (QED) is 0.356. The summed E-state index contributed by atoms with van der Waals surface area (Å²) in [5.41, 5.74) is 1.10. The van der Waals surface area contributed by atoms with E-state index in [2.05, 4.69) is 40.8 Å². The molecule has 139 valence electrons. The third-order valence-electron chi connectivity index (χ3n) is 6.79. The Labute approximate surface area is 169 Å². The Morgan fingerprint density at radius 2 is 1.42 bits per heavy atom. The van der Waals surface area contributed by atoms with Gasteiger partial charge >= 0.3 is 21.7 Å². The summed E-state index contributed by atoms with van der Waals surface area (Å²) >= 11 is 0. The van der Waals surface area contributed by atoms with Crippen LogP contribution in [0, 0.1) is 44.4 Å². The minimum absolute atomic E-state index is 0. The van der Waals surface area contributed by atoms with Crippen LogP contribution in [0.15, 0.2) is 0 Å². The second-order valence-corrected chi connectivity index (χ2v) is 14.2. The van der Waals surface area contributed by atoms with Crippen LogP contribution >= 0.6 is 0 Å². The van der Waals surface area contributed by atoms with Gasteiger partial charge in [-0.1, -0.05) is 73.8 Å². The zero-order valence-electron chi connectivity index (χ0n) is 17.7. The van der Waals surface area contributed by atoms with Crippen LogP contribution in [0.4, 0.5) is 0 Å². The molecule has 24 heavy (non-hydrogen) atoms. The maximum Gasteiger partial charge on any atom is 3.00 e. The Morgan fingerprint density at radius 3 is 1.96 bits per heavy atom. The van der Waals surface area contributed by atoms with Crippen LogP contribution in [0.5, 0.6) is 0 Å². The minimum Gasteiger partial charge on any atom is -0.660 e. The molecule has 6 atom stereocenters. The van der Waals surface area contributed by atoms with Gasteiger partial charge in [0.1, 0.15) is 0 Å². The molecule has 0 heterocycles. The summed E-state index contributed by atoms with van der Waals surface area (Å²) in [6.07, 6.45) is 9.22. The first-order chi connectivity index (χ1) is 9.67. The van der Waals surface area contributed by atoms with Crippen molar-refractivity contribution in [3.05, 3.63) is 19.8 Å². The Hall–Kier alpha value is 0.891. The molecule has 0 bridgehead atoms. The number of fused-ring (bicyclic) bond motifs is 2. The van der Waals surface area contributed by atoms with E-state index >= 15 is 0 Å². The van der Waals surface area contributed by atoms with Crippen LogP contribution in [0.2, 0.25) is 18.6 Å². The summed E-state index contributed by atoms with van der Waals surface area (Å²) in [5, 5.41) is 0. The van der Waals surface area contributed by atoms with Crippen LogP contribution in [-0.2, 0) is 21.7 Å². The summed E-state index contributed by atoms with van der Waals surface area (Å²) in [7, 11) is -1.50. The van der Waals surface area contributed by atoms with Gasteiger partial charge in [0.15, 0.2) is 0 Å². The molecular weight excluding hydrogens is 342 g/mol. The van der Waals surface area contributed by atoms with Crippen molar-refractivity contribution in [2.24, 2.45) is 29.6 Å². The van der Waals surface area contributed by atoms with E-state index in [-0.39, 0.29) is 42.1 Å². The zero-order valence-corrected chi connectivity index (χ0v) is 20.2. The van der Waals surface area contributed by atoms with Crippen molar-refractivity contribution in [3.63, 3.8) is 0 Å². The average molecular weight is 385 g/mol. The molecular formula is C21H42NSiTi. The Bertz CT molecular complexity index is 390. The van der Waals surface area contributed by atoms with E-state index in [0.29, 0.717) is 0 Å². The van der Waals surface area contributed by atoms with E-state index in [9.17, 15) is 0 Å². The van der Waals surface area contributed by atoms with Gasteiger partial charge in [-0.2, -0.15) is 0 Å². The molecule has 0 aromatic carbocycles. The van der Waals surface area contributed by atoms with E-state index < -0.39 is 8.24 Å². The van der Waals surface area contributed by atoms with Gasteiger partial charge in [0.05, 0.1) is 0 Å². The topological polar surface area (TPSA) is 14.1 Å². The van der Waals surface area contributed by atoms with E-state index in [4.69, 9.17) is 4.98 Å². The zero-order chi connectivity index (χ0) is 15.4. The second kappa shape index (κ2) is 8.72. The fourth-order valence-corrected chi connectivity index (χ4v) is 11.6. The molecule has 1 nitrogen and oxygen atoms in total. The van der Waals surface area contributed by atoms with Gasteiger partial charge in [-0.25, -0.2) is 0 Å². The minimum atomic E-state index is -1.50. The van der Waals surface area contributed by atoms with Crippen LogP contribution in [0.25, 0.3) is 4.98 Å². The average Bonchev–Trinajstić information content (AvgIpc) is 2.83. The normalized spacial score (nSPS) is 38.2. The van der Waals surface area contributed by atoms with Crippen molar-refractivity contribution in [2.75, 3.05) is 0 Å². The first kappa shape index (κ1) is 24.9. The Balaban J connectivity index is 0.00000176. The molecule has 3 aliphatic rings. The van der Waals surface area contributed by atoms with Crippen LogP contribution in [-0.4, -0.2) is 13.8 Å². The largest absolute Gasteiger partial charge is 3.00 e. The molecule has 0 N–H and O–H groups in total. The van der Waals surface area contributed by atoms with Gasteiger partial charge in [-0.15, -0.1) is 5.54 Å². The molecule has 6 unspecified atom stereocenters. The summed E-state index contributed by atoms with van der Waals surface area (Å²) in [6, 6.07) is 0. The van der Waals surface area contributed by atoms with Crippen molar-refractivity contribution in [3.8, 4) is 0 Å². The predicted molar refractivity (Wildman–Crippen MR) is 108 cm³/mol. The van der Waals surface area contributed by atoms with E-state index in [1.807, 2.05) is 0 Å². The maximum atomic E-state index is 5.39. The summed E-state index contributed by atoms with van der Waals surface area (Å²) < 4.78 is 0. The first-order valence-electron chi connectivity index (χ1n) is 9.41. The summed E-state index contributed by atoms with van der Waals surface area (Å²) in [6.45, 7) is 14.6. The van der Waals surface area contributed by atoms with Crippen molar-refractivity contribution < 1.29 is 21.7 Å². The second-order valence-electron chi connectivity index (χ2n) is 10.0. The van der Waals surface area contributed by atoms with Crippen molar-refractivity contribution in [1.82, 2.24) is 0 Å². The Morgan fingerprint density at radius 1 is 0.875 bits per heavy atom. The third-order valence-corrected chi connectivity index (χ3v) is 10.7. The van der Waals surface area contributed by atoms with Gasteiger partial charge in [0.25, 0.3) is 0 Å². The van der Waals surface area contributed by atoms with Gasteiger partial charge in [0, 0.05) is 0 Å².